The molecular weight excluding hydrogens is 374 g/mol. The van der Waals surface area contributed by atoms with E-state index >= 15 is 0 Å². The van der Waals surface area contributed by atoms with Crippen LogP contribution in [0.25, 0.3) is 0 Å². The van der Waals surface area contributed by atoms with Crippen LogP contribution in [0.15, 0.2) is 35.2 Å². The third kappa shape index (κ3) is 5.36. The number of carbonyl (C=O) groups excluding carboxylic acids is 1. The van der Waals surface area contributed by atoms with Crippen molar-refractivity contribution < 1.29 is 18.3 Å². The smallest absolute Gasteiger partial charge is 0.288 e. The van der Waals surface area contributed by atoms with Crippen molar-refractivity contribution in [2.45, 2.75) is 24.1 Å². The second kappa shape index (κ2) is 9.09. The molecule has 2 aromatic rings. The molecule has 0 unspecified atom stereocenters. The molecule has 0 bridgehead atoms. The molecular formula is C18H20F2N4O2S. The first kappa shape index (κ1) is 19.5. The molecule has 1 saturated heterocycles. The van der Waals surface area contributed by atoms with Crippen molar-refractivity contribution in [3.63, 3.8) is 0 Å². The number of morpholine rings is 1. The summed E-state index contributed by atoms with van der Waals surface area (Å²) in [5.41, 5.74) is 1.01. The van der Waals surface area contributed by atoms with Crippen molar-refractivity contribution in [2.24, 2.45) is 0 Å². The number of aryl methyl sites for hydroxylation is 1. The minimum Gasteiger partial charge on any atom is -0.378 e. The highest BCUT2D eigenvalue weighted by Gasteiger charge is 2.17. The predicted octanol–water partition coefficient (Wildman–Crippen LogP) is 2.87. The van der Waals surface area contributed by atoms with Crippen LogP contribution in [0.2, 0.25) is 0 Å². The molecule has 1 aliphatic rings. The van der Waals surface area contributed by atoms with Gasteiger partial charge in [0.2, 0.25) is 0 Å². The first-order valence-electron chi connectivity index (χ1n) is 8.52. The van der Waals surface area contributed by atoms with Crippen LogP contribution in [0.1, 0.15) is 21.9 Å². The summed E-state index contributed by atoms with van der Waals surface area (Å²) < 4.78 is 30.7. The number of benzene rings is 1. The molecule has 3 rings (SSSR count). The second-order valence-corrected chi connectivity index (χ2v) is 6.97. The van der Waals surface area contributed by atoms with Gasteiger partial charge in [0, 0.05) is 29.7 Å². The van der Waals surface area contributed by atoms with Crippen molar-refractivity contribution in [1.82, 2.24) is 15.3 Å². The maximum Gasteiger partial charge on any atom is 0.288 e. The van der Waals surface area contributed by atoms with Gasteiger partial charge < -0.3 is 15.0 Å². The van der Waals surface area contributed by atoms with Gasteiger partial charge in [0.1, 0.15) is 11.6 Å². The Bertz CT molecular complexity index is 801. The molecule has 1 aromatic heterocycles. The number of anilines is 1. The number of thioether (sulfide) groups is 1. The zero-order chi connectivity index (χ0) is 19.2. The minimum absolute atomic E-state index is 0.117. The lowest BCUT2D eigenvalue weighted by Crippen LogP contribution is -2.37. The van der Waals surface area contributed by atoms with E-state index in [0.29, 0.717) is 30.8 Å². The molecule has 1 fully saturated rings. The van der Waals surface area contributed by atoms with Gasteiger partial charge in [-0.25, -0.2) is 9.97 Å². The average Bonchev–Trinajstić information content (AvgIpc) is 2.66. The van der Waals surface area contributed by atoms with Crippen molar-refractivity contribution in [3.8, 4) is 0 Å². The highest BCUT2D eigenvalue weighted by Crippen LogP contribution is 2.28. The highest BCUT2D eigenvalue weighted by molar-refractivity contribution is 7.99. The van der Waals surface area contributed by atoms with E-state index in [4.69, 9.17) is 4.74 Å². The van der Waals surface area contributed by atoms with Gasteiger partial charge in [-0.15, -0.1) is 0 Å². The van der Waals surface area contributed by atoms with Gasteiger partial charge in [-0.3, -0.25) is 4.79 Å². The molecule has 0 saturated carbocycles. The molecule has 6 nitrogen and oxygen atoms in total. The fourth-order valence-electron chi connectivity index (χ4n) is 2.75. The van der Waals surface area contributed by atoms with Gasteiger partial charge in [0.05, 0.1) is 25.3 Å². The number of aromatic nitrogens is 2. The molecule has 27 heavy (non-hydrogen) atoms. The Morgan fingerprint density at radius 3 is 2.78 bits per heavy atom. The number of carbonyl (C=O) groups is 1. The van der Waals surface area contributed by atoms with E-state index in [2.05, 4.69) is 20.2 Å². The summed E-state index contributed by atoms with van der Waals surface area (Å²) in [6.45, 7) is 4.78. The molecule has 1 N–H and O–H groups in total. The van der Waals surface area contributed by atoms with E-state index in [0.717, 1.165) is 24.6 Å². The molecule has 0 atom stereocenters. The van der Waals surface area contributed by atoms with Crippen LogP contribution in [0, 0.1) is 6.92 Å². The summed E-state index contributed by atoms with van der Waals surface area (Å²) >= 11 is 0.355. The third-order valence-electron chi connectivity index (χ3n) is 3.98. The molecule has 1 aliphatic heterocycles. The summed E-state index contributed by atoms with van der Waals surface area (Å²) in [7, 11) is 0. The number of hydrogen-bond acceptors (Lipinski definition) is 6. The van der Waals surface area contributed by atoms with E-state index in [-0.39, 0.29) is 17.0 Å². The Kier molecular flexibility index (Phi) is 6.57. The van der Waals surface area contributed by atoms with Crippen molar-refractivity contribution in [3.05, 3.63) is 47.4 Å². The summed E-state index contributed by atoms with van der Waals surface area (Å²) in [6, 6.07) is 8.19. The Balaban J connectivity index is 1.69. The maximum atomic E-state index is 12.7. The lowest BCUT2D eigenvalue weighted by atomic mass is 10.2. The lowest BCUT2D eigenvalue weighted by Gasteiger charge is -2.28. The van der Waals surface area contributed by atoms with E-state index < -0.39 is 11.7 Å². The largest absolute Gasteiger partial charge is 0.378 e. The van der Waals surface area contributed by atoms with Gasteiger partial charge in [-0.2, -0.15) is 8.78 Å². The minimum atomic E-state index is -2.59. The number of nitrogens with one attached hydrogen (secondary N) is 1. The molecule has 0 spiro atoms. The van der Waals surface area contributed by atoms with Gasteiger partial charge in [-0.05, 0) is 19.1 Å². The van der Waals surface area contributed by atoms with E-state index in [1.165, 1.54) is 12.1 Å². The first-order chi connectivity index (χ1) is 13.0. The van der Waals surface area contributed by atoms with Crippen LogP contribution in [0.3, 0.4) is 0 Å². The van der Waals surface area contributed by atoms with Crippen LogP contribution in [-0.2, 0) is 11.3 Å². The number of amides is 1. The van der Waals surface area contributed by atoms with Crippen LogP contribution >= 0.6 is 11.8 Å². The van der Waals surface area contributed by atoms with E-state index in [9.17, 15) is 13.6 Å². The van der Waals surface area contributed by atoms with Gasteiger partial charge in [0.25, 0.3) is 11.7 Å². The quantitative estimate of drug-likeness (QED) is 0.760. The maximum absolute atomic E-state index is 12.7. The standard InChI is InChI=1S/C18H20F2N4O2S/c1-12-10-16(24-6-8-26-9-7-24)23-15(22-12)11-21-17(25)13-4-2-3-5-14(13)27-18(19)20/h2-5,10,18H,6-9,11H2,1H3,(H,21,25). The van der Waals surface area contributed by atoms with Crippen molar-refractivity contribution >= 4 is 23.5 Å². The van der Waals surface area contributed by atoms with E-state index in [1.54, 1.807) is 12.1 Å². The van der Waals surface area contributed by atoms with Crippen LogP contribution < -0.4 is 10.2 Å². The van der Waals surface area contributed by atoms with Gasteiger partial charge in [-0.1, -0.05) is 23.9 Å². The Morgan fingerprint density at radius 1 is 1.30 bits per heavy atom. The summed E-state index contributed by atoms with van der Waals surface area (Å²) in [5.74, 6) is -1.75. The molecule has 1 aromatic carbocycles. The number of halogens is 2. The number of nitrogens with zero attached hydrogens (tertiary/aromatic N) is 3. The van der Waals surface area contributed by atoms with Crippen LogP contribution in [0.4, 0.5) is 14.6 Å². The monoisotopic (exact) mass is 394 g/mol. The summed E-state index contributed by atoms with van der Waals surface area (Å²) in [6.07, 6.45) is 0. The normalized spacial score (nSPS) is 14.4. The van der Waals surface area contributed by atoms with Gasteiger partial charge in [0.15, 0.2) is 0 Å². The fraction of sp³-hybridized carbons (Fsp3) is 0.389. The van der Waals surface area contributed by atoms with E-state index in [1.807, 2.05) is 13.0 Å². The zero-order valence-corrected chi connectivity index (χ0v) is 15.6. The van der Waals surface area contributed by atoms with Gasteiger partial charge >= 0.3 is 0 Å². The molecule has 1 amide bonds. The fourth-order valence-corrected chi connectivity index (χ4v) is 3.39. The molecule has 2 heterocycles. The van der Waals surface area contributed by atoms with Crippen LogP contribution in [-0.4, -0.2) is 47.9 Å². The number of rotatable bonds is 6. The number of alkyl halides is 2. The average molecular weight is 394 g/mol. The third-order valence-corrected chi connectivity index (χ3v) is 4.76. The summed E-state index contributed by atoms with van der Waals surface area (Å²) in [4.78, 5) is 23.7. The van der Waals surface area contributed by atoms with Crippen LogP contribution in [0.5, 0.6) is 0 Å². The molecule has 0 radical (unpaired) electrons. The predicted molar refractivity (Wildman–Crippen MR) is 99.3 cm³/mol. The molecule has 144 valence electrons. The Hall–Kier alpha value is -2.26. The lowest BCUT2D eigenvalue weighted by molar-refractivity contribution is 0.0947. The Morgan fingerprint density at radius 2 is 2.04 bits per heavy atom. The number of ether oxygens (including phenoxy) is 1. The highest BCUT2D eigenvalue weighted by atomic mass is 32.2. The Labute approximate surface area is 160 Å². The first-order valence-corrected chi connectivity index (χ1v) is 9.40. The zero-order valence-electron chi connectivity index (χ0n) is 14.8. The molecule has 9 heteroatoms. The topological polar surface area (TPSA) is 67.3 Å². The van der Waals surface area contributed by atoms with Crippen molar-refractivity contribution in [2.75, 3.05) is 31.2 Å². The van der Waals surface area contributed by atoms with Crippen molar-refractivity contribution in [1.29, 1.82) is 0 Å². The second-order valence-electron chi connectivity index (χ2n) is 5.94. The number of hydrogen-bond donors (Lipinski definition) is 1. The SMILES string of the molecule is Cc1cc(N2CCOCC2)nc(CNC(=O)c2ccccc2SC(F)F)n1. The molecule has 0 aliphatic carbocycles. The summed E-state index contributed by atoms with van der Waals surface area (Å²) in [5, 5.41) is 2.72.